The van der Waals surface area contributed by atoms with Gasteiger partial charge in [-0.15, -0.1) is 0 Å². The standard InChI is InChI=1S/C21H18FN3O/c22-18-8-6-15(7-9-18)14-25(19-10-11-19)21(26)17-12-23-20(24-13-17)16-4-2-1-3-5-16/h1-9,12-13,19H,10-11,14H2. The Morgan fingerprint density at radius 2 is 1.65 bits per heavy atom. The molecule has 1 amide bonds. The minimum atomic E-state index is -0.275. The number of carbonyl (C=O) groups excluding carboxylic acids is 1. The van der Waals surface area contributed by atoms with Crippen LogP contribution in [0.2, 0.25) is 0 Å². The topological polar surface area (TPSA) is 46.1 Å². The molecule has 1 saturated carbocycles. The van der Waals surface area contributed by atoms with E-state index in [9.17, 15) is 9.18 Å². The molecule has 130 valence electrons. The van der Waals surface area contributed by atoms with Crippen molar-refractivity contribution in [2.75, 3.05) is 0 Å². The smallest absolute Gasteiger partial charge is 0.257 e. The molecular formula is C21H18FN3O. The van der Waals surface area contributed by atoms with Crippen LogP contribution in [0.15, 0.2) is 67.0 Å². The van der Waals surface area contributed by atoms with Crippen LogP contribution in [0.4, 0.5) is 4.39 Å². The summed E-state index contributed by atoms with van der Waals surface area (Å²) in [6.07, 6.45) is 5.15. The van der Waals surface area contributed by atoms with Crippen molar-refractivity contribution >= 4 is 5.91 Å². The third-order valence-electron chi connectivity index (χ3n) is 4.45. The molecule has 1 heterocycles. The zero-order valence-electron chi connectivity index (χ0n) is 14.2. The molecule has 1 fully saturated rings. The number of amides is 1. The minimum absolute atomic E-state index is 0.0866. The van der Waals surface area contributed by atoms with Crippen LogP contribution >= 0.6 is 0 Å². The quantitative estimate of drug-likeness (QED) is 0.698. The Kier molecular flexibility index (Phi) is 4.44. The minimum Gasteiger partial charge on any atom is -0.331 e. The second kappa shape index (κ2) is 7.04. The van der Waals surface area contributed by atoms with E-state index in [1.165, 1.54) is 12.1 Å². The van der Waals surface area contributed by atoms with Crippen molar-refractivity contribution in [2.45, 2.75) is 25.4 Å². The highest BCUT2D eigenvalue weighted by Gasteiger charge is 2.33. The molecule has 1 aliphatic carbocycles. The lowest BCUT2D eigenvalue weighted by molar-refractivity contribution is 0.0729. The summed E-state index contributed by atoms with van der Waals surface area (Å²) in [5.41, 5.74) is 2.30. The summed E-state index contributed by atoms with van der Waals surface area (Å²) < 4.78 is 13.1. The van der Waals surface area contributed by atoms with Crippen LogP contribution in [0, 0.1) is 5.82 Å². The number of nitrogens with zero attached hydrogens (tertiary/aromatic N) is 3. The lowest BCUT2D eigenvalue weighted by Gasteiger charge is -2.22. The fourth-order valence-electron chi connectivity index (χ4n) is 2.88. The molecule has 0 N–H and O–H groups in total. The van der Waals surface area contributed by atoms with Gasteiger partial charge >= 0.3 is 0 Å². The summed E-state index contributed by atoms with van der Waals surface area (Å²) in [7, 11) is 0. The fraction of sp³-hybridized carbons (Fsp3) is 0.190. The third kappa shape index (κ3) is 3.61. The molecule has 1 aromatic heterocycles. The Morgan fingerprint density at radius 3 is 2.27 bits per heavy atom. The molecule has 0 bridgehead atoms. The first kappa shape index (κ1) is 16.4. The van der Waals surface area contributed by atoms with Crippen LogP contribution in [0.5, 0.6) is 0 Å². The van der Waals surface area contributed by atoms with Gasteiger partial charge in [-0.05, 0) is 30.5 Å². The van der Waals surface area contributed by atoms with Gasteiger partial charge in [0, 0.05) is 30.5 Å². The second-order valence-corrected chi connectivity index (χ2v) is 6.45. The zero-order chi connectivity index (χ0) is 17.9. The molecule has 4 rings (SSSR count). The SMILES string of the molecule is O=C(c1cnc(-c2ccccc2)nc1)N(Cc1ccc(F)cc1)C1CC1. The van der Waals surface area contributed by atoms with Crippen molar-refractivity contribution in [1.82, 2.24) is 14.9 Å². The monoisotopic (exact) mass is 347 g/mol. The van der Waals surface area contributed by atoms with Gasteiger partial charge in [0.25, 0.3) is 5.91 Å². The maximum absolute atomic E-state index is 13.1. The molecule has 4 nitrogen and oxygen atoms in total. The molecule has 0 unspecified atom stereocenters. The number of rotatable bonds is 5. The van der Waals surface area contributed by atoms with Crippen LogP contribution in [-0.2, 0) is 6.54 Å². The predicted molar refractivity (Wildman–Crippen MR) is 96.8 cm³/mol. The van der Waals surface area contributed by atoms with Gasteiger partial charge in [-0.2, -0.15) is 0 Å². The molecule has 0 saturated heterocycles. The molecular weight excluding hydrogens is 329 g/mol. The highest BCUT2D eigenvalue weighted by molar-refractivity contribution is 5.94. The molecule has 0 aliphatic heterocycles. The maximum atomic E-state index is 13.1. The molecule has 5 heteroatoms. The highest BCUT2D eigenvalue weighted by atomic mass is 19.1. The van der Waals surface area contributed by atoms with Crippen LogP contribution in [0.3, 0.4) is 0 Å². The van der Waals surface area contributed by atoms with Crippen molar-refractivity contribution in [3.05, 3.63) is 83.9 Å². The molecule has 0 atom stereocenters. The van der Waals surface area contributed by atoms with E-state index < -0.39 is 0 Å². The lowest BCUT2D eigenvalue weighted by atomic mass is 10.2. The van der Waals surface area contributed by atoms with E-state index in [2.05, 4.69) is 9.97 Å². The first-order valence-corrected chi connectivity index (χ1v) is 8.63. The normalized spacial score (nSPS) is 13.4. The van der Waals surface area contributed by atoms with Crippen LogP contribution in [0.25, 0.3) is 11.4 Å². The van der Waals surface area contributed by atoms with Gasteiger partial charge in [-0.25, -0.2) is 14.4 Å². The number of halogens is 1. The van der Waals surface area contributed by atoms with E-state index in [1.807, 2.05) is 35.2 Å². The Labute approximate surface area is 151 Å². The van der Waals surface area contributed by atoms with Gasteiger partial charge in [0.15, 0.2) is 5.82 Å². The summed E-state index contributed by atoms with van der Waals surface area (Å²) in [4.78, 5) is 23.4. The van der Waals surface area contributed by atoms with Crippen molar-refractivity contribution in [2.24, 2.45) is 0 Å². The van der Waals surface area contributed by atoms with E-state index in [4.69, 9.17) is 0 Å². The van der Waals surface area contributed by atoms with E-state index in [0.717, 1.165) is 24.0 Å². The largest absolute Gasteiger partial charge is 0.331 e. The predicted octanol–water partition coefficient (Wildman–Crippen LogP) is 4.09. The van der Waals surface area contributed by atoms with Gasteiger partial charge in [0.1, 0.15) is 5.82 Å². The second-order valence-electron chi connectivity index (χ2n) is 6.45. The van der Waals surface area contributed by atoms with Gasteiger partial charge in [-0.1, -0.05) is 42.5 Å². The van der Waals surface area contributed by atoms with Crippen molar-refractivity contribution in [1.29, 1.82) is 0 Å². The van der Waals surface area contributed by atoms with E-state index in [-0.39, 0.29) is 17.8 Å². The maximum Gasteiger partial charge on any atom is 0.257 e. The summed E-state index contributed by atoms with van der Waals surface area (Å²) in [6, 6.07) is 16.2. The van der Waals surface area contributed by atoms with Gasteiger partial charge in [-0.3, -0.25) is 4.79 Å². The summed E-state index contributed by atoms with van der Waals surface area (Å²) in [5.74, 6) is 0.234. The summed E-state index contributed by atoms with van der Waals surface area (Å²) in [5, 5.41) is 0. The Hall–Kier alpha value is -3.08. The highest BCUT2D eigenvalue weighted by Crippen LogP contribution is 2.30. The Balaban J connectivity index is 1.53. The van der Waals surface area contributed by atoms with E-state index in [0.29, 0.717) is 17.9 Å². The average Bonchev–Trinajstić information content (AvgIpc) is 3.53. The van der Waals surface area contributed by atoms with Crippen LogP contribution in [0.1, 0.15) is 28.8 Å². The number of aromatic nitrogens is 2. The van der Waals surface area contributed by atoms with Crippen LogP contribution < -0.4 is 0 Å². The molecule has 1 aliphatic rings. The van der Waals surface area contributed by atoms with Gasteiger partial charge < -0.3 is 4.90 Å². The lowest BCUT2D eigenvalue weighted by Crippen LogP contribution is -2.32. The fourth-order valence-corrected chi connectivity index (χ4v) is 2.88. The molecule has 3 aromatic rings. The molecule has 0 radical (unpaired) electrons. The van der Waals surface area contributed by atoms with Crippen molar-refractivity contribution < 1.29 is 9.18 Å². The molecule has 2 aromatic carbocycles. The first-order valence-electron chi connectivity index (χ1n) is 8.63. The average molecular weight is 347 g/mol. The van der Waals surface area contributed by atoms with Crippen molar-refractivity contribution in [3.8, 4) is 11.4 Å². The van der Waals surface area contributed by atoms with Gasteiger partial charge in [0.2, 0.25) is 0 Å². The van der Waals surface area contributed by atoms with Crippen LogP contribution in [-0.4, -0.2) is 26.8 Å². The Bertz CT molecular complexity index is 891. The number of carbonyl (C=O) groups is 1. The third-order valence-corrected chi connectivity index (χ3v) is 4.45. The number of benzene rings is 2. The van der Waals surface area contributed by atoms with E-state index >= 15 is 0 Å². The summed E-state index contributed by atoms with van der Waals surface area (Å²) in [6.45, 7) is 0.463. The van der Waals surface area contributed by atoms with E-state index in [1.54, 1.807) is 24.5 Å². The summed E-state index contributed by atoms with van der Waals surface area (Å²) >= 11 is 0. The van der Waals surface area contributed by atoms with Gasteiger partial charge in [0.05, 0.1) is 5.56 Å². The van der Waals surface area contributed by atoms with Crippen molar-refractivity contribution in [3.63, 3.8) is 0 Å². The zero-order valence-corrected chi connectivity index (χ0v) is 14.2. The Morgan fingerprint density at radius 1 is 1.00 bits per heavy atom. The number of hydrogen-bond acceptors (Lipinski definition) is 3. The molecule has 0 spiro atoms. The number of hydrogen-bond donors (Lipinski definition) is 0. The first-order chi connectivity index (χ1) is 12.7. The molecule has 26 heavy (non-hydrogen) atoms.